The SMILES string of the molecule is O=S(=O)(c1ccc(OC(F)(F)F)cc1)C1CCCC/C(=N\OCc2cccc(-c3ccccc3)c2)CC1. The Morgan fingerprint density at radius 1 is 0.838 bits per heavy atom. The van der Waals surface area contributed by atoms with Crippen LogP contribution in [0.15, 0.2) is 88.9 Å². The fraction of sp³-hybridized carbons (Fsp3) is 0.321. The van der Waals surface area contributed by atoms with E-state index in [1.807, 2.05) is 48.5 Å². The first-order chi connectivity index (χ1) is 17.7. The Morgan fingerprint density at radius 2 is 1.57 bits per heavy atom. The number of benzene rings is 3. The molecule has 1 unspecified atom stereocenters. The van der Waals surface area contributed by atoms with Gasteiger partial charge in [0.15, 0.2) is 9.84 Å². The number of hydrogen-bond donors (Lipinski definition) is 0. The zero-order valence-electron chi connectivity index (χ0n) is 20.2. The highest BCUT2D eigenvalue weighted by Gasteiger charge is 2.32. The van der Waals surface area contributed by atoms with Crippen LogP contribution in [0.1, 0.15) is 44.1 Å². The van der Waals surface area contributed by atoms with E-state index in [2.05, 4.69) is 16.0 Å². The minimum Gasteiger partial charge on any atom is -0.406 e. The molecule has 9 heteroatoms. The summed E-state index contributed by atoms with van der Waals surface area (Å²) < 4.78 is 67.4. The van der Waals surface area contributed by atoms with Crippen LogP contribution in [0.5, 0.6) is 5.75 Å². The standard InChI is InChI=1S/C28H28F3NO4S/c29-28(30,31)36-25-14-17-27(18-15-25)37(33,34)26-12-5-4-11-24(13-16-26)32-35-20-21-7-6-10-23(19-21)22-8-2-1-3-9-22/h1-3,6-10,14-15,17-19,26H,4-5,11-13,16,20H2/b32-24+. The first kappa shape index (κ1) is 26.7. The van der Waals surface area contributed by atoms with Crippen molar-refractivity contribution in [2.45, 2.75) is 61.6 Å². The zero-order valence-corrected chi connectivity index (χ0v) is 21.0. The molecular formula is C28H28F3NO4S. The predicted octanol–water partition coefficient (Wildman–Crippen LogP) is 7.32. The van der Waals surface area contributed by atoms with Crippen LogP contribution in [0.3, 0.4) is 0 Å². The lowest BCUT2D eigenvalue weighted by molar-refractivity contribution is -0.274. The van der Waals surface area contributed by atoms with E-state index in [4.69, 9.17) is 4.84 Å². The summed E-state index contributed by atoms with van der Waals surface area (Å²) in [7, 11) is -3.71. The van der Waals surface area contributed by atoms with Gasteiger partial charge in [-0.05, 0) is 79.1 Å². The molecule has 1 aliphatic carbocycles. The minimum absolute atomic E-state index is 0.0133. The fourth-order valence-electron chi connectivity index (χ4n) is 4.39. The first-order valence-electron chi connectivity index (χ1n) is 12.1. The van der Waals surface area contributed by atoms with E-state index in [1.54, 1.807) is 0 Å². The molecule has 1 saturated carbocycles. The van der Waals surface area contributed by atoms with Crippen molar-refractivity contribution in [3.8, 4) is 16.9 Å². The largest absolute Gasteiger partial charge is 0.573 e. The zero-order chi connectivity index (χ0) is 26.3. The number of alkyl halides is 3. The molecule has 0 aromatic heterocycles. The Morgan fingerprint density at radius 3 is 2.30 bits per heavy atom. The monoisotopic (exact) mass is 531 g/mol. The summed E-state index contributed by atoms with van der Waals surface area (Å²) in [5, 5.41) is 3.67. The molecule has 3 aromatic carbocycles. The van der Waals surface area contributed by atoms with E-state index >= 15 is 0 Å². The van der Waals surface area contributed by atoms with E-state index in [-0.39, 0.29) is 4.90 Å². The number of nitrogens with zero attached hydrogens (tertiary/aromatic N) is 1. The quantitative estimate of drug-likeness (QED) is 0.300. The van der Waals surface area contributed by atoms with Crippen LogP contribution in [0.2, 0.25) is 0 Å². The van der Waals surface area contributed by atoms with E-state index in [0.717, 1.165) is 59.5 Å². The van der Waals surface area contributed by atoms with Crippen molar-refractivity contribution in [2.75, 3.05) is 0 Å². The van der Waals surface area contributed by atoms with Gasteiger partial charge in [0.2, 0.25) is 0 Å². The van der Waals surface area contributed by atoms with Gasteiger partial charge in [-0.15, -0.1) is 13.2 Å². The summed E-state index contributed by atoms with van der Waals surface area (Å²) in [6, 6.07) is 22.5. The molecule has 0 N–H and O–H groups in total. The summed E-state index contributed by atoms with van der Waals surface area (Å²) in [5.41, 5.74) is 4.00. The van der Waals surface area contributed by atoms with Gasteiger partial charge >= 0.3 is 6.36 Å². The van der Waals surface area contributed by atoms with Gasteiger partial charge in [0.25, 0.3) is 0 Å². The van der Waals surface area contributed by atoms with Crippen molar-refractivity contribution in [3.63, 3.8) is 0 Å². The second-order valence-electron chi connectivity index (χ2n) is 8.97. The number of sulfone groups is 1. The number of halogens is 3. The van der Waals surface area contributed by atoms with Crippen molar-refractivity contribution in [1.29, 1.82) is 0 Å². The second-order valence-corrected chi connectivity index (χ2v) is 11.2. The van der Waals surface area contributed by atoms with E-state index < -0.39 is 27.2 Å². The highest BCUT2D eigenvalue weighted by Crippen LogP contribution is 2.29. The van der Waals surface area contributed by atoms with Crippen molar-refractivity contribution in [2.24, 2.45) is 5.16 Å². The molecule has 0 bridgehead atoms. The Balaban J connectivity index is 1.37. The lowest BCUT2D eigenvalue weighted by Crippen LogP contribution is -2.24. The molecular weight excluding hydrogens is 503 g/mol. The van der Waals surface area contributed by atoms with Crippen molar-refractivity contribution < 1.29 is 31.2 Å². The lowest BCUT2D eigenvalue weighted by Gasteiger charge is -2.21. The maximum absolute atomic E-state index is 13.2. The Hall–Kier alpha value is -3.33. The molecule has 0 spiro atoms. The van der Waals surface area contributed by atoms with Gasteiger partial charge in [0.1, 0.15) is 12.4 Å². The maximum Gasteiger partial charge on any atom is 0.573 e. The molecule has 5 nitrogen and oxygen atoms in total. The molecule has 0 amide bonds. The molecule has 0 heterocycles. The molecule has 1 aliphatic rings. The van der Waals surface area contributed by atoms with Gasteiger partial charge < -0.3 is 9.57 Å². The molecule has 0 radical (unpaired) electrons. The minimum atomic E-state index is -4.83. The number of rotatable bonds is 7. The van der Waals surface area contributed by atoms with Crippen LogP contribution >= 0.6 is 0 Å². The third-order valence-electron chi connectivity index (χ3n) is 6.28. The molecule has 0 saturated heterocycles. The van der Waals surface area contributed by atoms with Crippen LogP contribution in [-0.2, 0) is 21.3 Å². The average molecular weight is 532 g/mol. The first-order valence-corrected chi connectivity index (χ1v) is 13.7. The van der Waals surface area contributed by atoms with E-state index in [9.17, 15) is 21.6 Å². The third kappa shape index (κ3) is 7.58. The molecule has 3 aromatic rings. The Kier molecular flexibility index (Phi) is 8.53. The van der Waals surface area contributed by atoms with Crippen LogP contribution in [-0.4, -0.2) is 25.7 Å². The van der Waals surface area contributed by atoms with Crippen molar-refractivity contribution in [1.82, 2.24) is 0 Å². The van der Waals surface area contributed by atoms with Gasteiger partial charge in [0, 0.05) is 0 Å². The summed E-state index contributed by atoms with van der Waals surface area (Å²) in [4.78, 5) is 5.62. The van der Waals surface area contributed by atoms with Crippen LogP contribution in [0.25, 0.3) is 11.1 Å². The van der Waals surface area contributed by atoms with Gasteiger partial charge in [-0.3, -0.25) is 0 Å². The van der Waals surface area contributed by atoms with E-state index in [1.165, 1.54) is 0 Å². The maximum atomic E-state index is 13.2. The highest BCUT2D eigenvalue weighted by atomic mass is 32.2. The van der Waals surface area contributed by atoms with Crippen molar-refractivity contribution in [3.05, 3.63) is 84.4 Å². The van der Waals surface area contributed by atoms with Crippen LogP contribution < -0.4 is 4.74 Å². The summed E-state index contributed by atoms with van der Waals surface area (Å²) in [6.45, 7) is 0.304. The van der Waals surface area contributed by atoms with Crippen LogP contribution in [0.4, 0.5) is 13.2 Å². The Labute approximate surface area is 214 Å². The smallest absolute Gasteiger partial charge is 0.406 e. The predicted molar refractivity (Wildman–Crippen MR) is 136 cm³/mol. The van der Waals surface area contributed by atoms with Gasteiger partial charge in [-0.2, -0.15) is 0 Å². The molecule has 196 valence electrons. The number of oxime groups is 1. The molecule has 1 fully saturated rings. The number of hydrogen-bond acceptors (Lipinski definition) is 5. The topological polar surface area (TPSA) is 65.0 Å². The highest BCUT2D eigenvalue weighted by molar-refractivity contribution is 7.92. The van der Waals surface area contributed by atoms with Gasteiger partial charge in [-0.1, -0.05) is 60.1 Å². The van der Waals surface area contributed by atoms with Gasteiger partial charge in [-0.25, -0.2) is 8.42 Å². The normalized spacial score (nSPS) is 18.1. The Bertz CT molecular complexity index is 1310. The summed E-state index contributed by atoms with van der Waals surface area (Å²) >= 11 is 0. The van der Waals surface area contributed by atoms with Crippen LogP contribution in [0, 0.1) is 0 Å². The molecule has 1 atom stereocenters. The lowest BCUT2D eigenvalue weighted by atomic mass is 9.99. The third-order valence-corrected chi connectivity index (χ3v) is 8.56. The summed E-state index contributed by atoms with van der Waals surface area (Å²) in [6.07, 6.45) is -1.27. The fourth-order valence-corrected chi connectivity index (χ4v) is 6.20. The number of ether oxygens (including phenoxy) is 1. The van der Waals surface area contributed by atoms with Gasteiger partial charge in [0.05, 0.1) is 15.9 Å². The second kappa shape index (κ2) is 11.8. The average Bonchev–Trinajstić information content (AvgIpc) is 2.85. The van der Waals surface area contributed by atoms with E-state index in [0.29, 0.717) is 32.3 Å². The molecule has 0 aliphatic heterocycles. The molecule has 37 heavy (non-hydrogen) atoms. The molecule has 4 rings (SSSR count). The summed E-state index contributed by atoms with van der Waals surface area (Å²) in [5.74, 6) is -0.454. The van der Waals surface area contributed by atoms with Crippen molar-refractivity contribution >= 4 is 15.5 Å².